The predicted octanol–water partition coefficient (Wildman–Crippen LogP) is 1.34. The molecule has 1 fully saturated rings. The third kappa shape index (κ3) is 2.47. The lowest BCUT2D eigenvalue weighted by Gasteiger charge is -2.41. The van der Waals surface area contributed by atoms with Crippen LogP contribution >= 0.6 is 0 Å². The van der Waals surface area contributed by atoms with Crippen LogP contribution in [0.25, 0.3) is 0 Å². The smallest absolute Gasteiger partial charge is 0.222 e. The van der Waals surface area contributed by atoms with E-state index in [1.807, 2.05) is 11.8 Å². The summed E-state index contributed by atoms with van der Waals surface area (Å²) in [4.78, 5) is 16.0. The highest BCUT2D eigenvalue weighted by Crippen LogP contribution is 2.12. The summed E-state index contributed by atoms with van der Waals surface area (Å²) in [6.45, 7) is 11.4. The fourth-order valence-corrected chi connectivity index (χ4v) is 2.03. The summed E-state index contributed by atoms with van der Waals surface area (Å²) in [5.74, 6) is 0.293. The predicted molar refractivity (Wildman–Crippen MR) is 58.2 cm³/mol. The van der Waals surface area contributed by atoms with E-state index in [0.717, 1.165) is 19.6 Å². The lowest BCUT2D eigenvalue weighted by atomic mass is 10.1. The van der Waals surface area contributed by atoms with Crippen LogP contribution in [0, 0.1) is 0 Å². The Kier molecular flexibility index (Phi) is 3.93. The van der Waals surface area contributed by atoms with Crippen LogP contribution in [0.4, 0.5) is 0 Å². The van der Waals surface area contributed by atoms with Gasteiger partial charge in [-0.15, -0.1) is 0 Å². The number of hydrogen-bond acceptors (Lipinski definition) is 2. The molecule has 0 aromatic carbocycles. The number of rotatable bonds is 2. The molecule has 0 unspecified atom stereocenters. The molecule has 0 aliphatic carbocycles. The second-order valence-corrected chi connectivity index (χ2v) is 4.38. The maximum atomic E-state index is 11.6. The van der Waals surface area contributed by atoms with Crippen LogP contribution in [0.2, 0.25) is 0 Å². The first-order valence-corrected chi connectivity index (χ1v) is 5.59. The molecule has 1 aliphatic heterocycles. The van der Waals surface area contributed by atoms with Crippen molar-refractivity contribution in [3.8, 4) is 0 Å². The van der Waals surface area contributed by atoms with Crippen LogP contribution in [0.3, 0.4) is 0 Å². The Morgan fingerprint density at radius 1 is 1.43 bits per heavy atom. The summed E-state index contributed by atoms with van der Waals surface area (Å²) in [5, 5.41) is 0. The van der Waals surface area contributed by atoms with Crippen molar-refractivity contribution in [1.82, 2.24) is 9.80 Å². The Hall–Kier alpha value is -0.570. The van der Waals surface area contributed by atoms with Gasteiger partial charge in [0.15, 0.2) is 0 Å². The van der Waals surface area contributed by atoms with Gasteiger partial charge in [0.05, 0.1) is 0 Å². The van der Waals surface area contributed by atoms with Gasteiger partial charge in [-0.25, -0.2) is 0 Å². The van der Waals surface area contributed by atoms with E-state index < -0.39 is 0 Å². The van der Waals surface area contributed by atoms with Gasteiger partial charge in [0.1, 0.15) is 0 Å². The van der Waals surface area contributed by atoms with Crippen molar-refractivity contribution in [2.75, 3.05) is 19.6 Å². The zero-order chi connectivity index (χ0) is 10.7. The van der Waals surface area contributed by atoms with Gasteiger partial charge >= 0.3 is 0 Å². The minimum absolute atomic E-state index is 0.293. The molecular weight excluding hydrogens is 176 g/mol. The van der Waals surface area contributed by atoms with E-state index in [-0.39, 0.29) is 0 Å². The summed E-state index contributed by atoms with van der Waals surface area (Å²) in [6.07, 6.45) is 0.631. The van der Waals surface area contributed by atoms with E-state index in [1.54, 1.807) is 0 Å². The molecule has 14 heavy (non-hydrogen) atoms. The summed E-state index contributed by atoms with van der Waals surface area (Å²) in [6, 6.07) is 0.968. The molecule has 1 aliphatic rings. The molecular formula is C11H22N2O. The fourth-order valence-electron chi connectivity index (χ4n) is 2.03. The first-order valence-electron chi connectivity index (χ1n) is 5.59. The minimum Gasteiger partial charge on any atom is -0.337 e. The van der Waals surface area contributed by atoms with Crippen LogP contribution in [0.15, 0.2) is 0 Å². The molecule has 0 spiro atoms. The molecule has 0 N–H and O–H groups in total. The van der Waals surface area contributed by atoms with E-state index in [4.69, 9.17) is 0 Å². The SMILES string of the molecule is CCC(=O)N1CCN(C(C)C)C[C@@H]1C. The Morgan fingerprint density at radius 2 is 2.07 bits per heavy atom. The van der Waals surface area contributed by atoms with E-state index in [9.17, 15) is 4.79 Å². The molecule has 3 heteroatoms. The molecule has 82 valence electrons. The average molecular weight is 198 g/mol. The highest BCUT2D eigenvalue weighted by Gasteiger charge is 2.27. The van der Waals surface area contributed by atoms with Gasteiger partial charge in [-0.05, 0) is 20.8 Å². The summed E-state index contributed by atoms with van der Waals surface area (Å²) >= 11 is 0. The number of carbonyl (C=O) groups excluding carboxylic acids is 1. The molecule has 1 rings (SSSR count). The molecule has 0 saturated carbocycles. The number of carbonyl (C=O) groups is 1. The Balaban J connectivity index is 2.51. The number of amides is 1. The molecule has 1 amide bonds. The average Bonchev–Trinajstić information content (AvgIpc) is 2.16. The number of piperazine rings is 1. The van der Waals surface area contributed by atoms with Gasteiger partial charge in [0.2, 0.25) is 5.91 Å². The topological polar surface area (TPSA) is 23.6 Å². The van der Waals surface area contributed by atoms with E-state index in [2.05, 4.69) is 25.7 Å². The zero-order valence-corrected chi connectivity index (χ0v) is 9.79. The maximum absolute atomic E-state index is 11.6. The first-order chi connectivity index (χ1) is 6.56. The third-order valence-corrected chi connectivity index (χ3v) is 3.01. The molecule has 1 atom stereocenters. The monoisotopic (exact) mass is 198 g/mol. The van der Waals surface area contributed by atoms with Crippen LogP contribution in [-0.4, -0.2) is 47.4 Å². The normalized spacial score (nSPS) is 24.4. The minimum atomic E-state index is 0.293. The van der Waals surface area contributed by atoms with Crippen molar-refractivity contribution >= 4 is 5.91 Å². The van der Waals surface area contributed by atoms with Crippen molar-refractivity contribution in [3.05, 3.63) is 0 Å². The van der Waals surface area contributed by atoms with E-state index in [0.29, 0.717) is 24.4 Å². The zero-order valence-electron chi connectivity index (χ0n) is 9.79. The summed E-state index contributed by atoms with van der Waals surface area (Å²) in [7, 11) is 0. The van der Waals surface area contributed by atoms with Crippen LogP contribution in [-0.2, 0) is 4.79 Å². The summed E-state index contributed by atoms with van der Waals surface area (Å²) in [5.41, 5.74) is 0. The number of nitrogens with zero attached hydrogens (tertiary/aromatic N) is 2. The van der Waals surface area contributed by atoms with Crippen LogP contribution in [0.1, 0.15) is 34.1 Å². The molecule has 1 heterocycles. The Labute approximate surface area is 87.1 Å². The van der Waals surface area contributed by atoms with Gasteiger partial charge in [0, 0.05) is 38.1 Å². The number of hydrogen-bond donors (Lipinski definition) is 0. The molecule has 0 radical (unpaired) electrons. The van der Waals surface area contributed by atoms with Crippen LogP contribution < -0.4 is 0 Å². The van der Waals surface area contributed by atoms with Gasteiger partial charge in [0.25, 0.3) is 0 Å². The van der Waals surface area contributed by atoms with E-state index in [1.165, 1.54) is 0 Å². The molecule has 0 aromatic rings. The Morgan fingerprint density at radius 3 is 2.50 bits per heavy atom. The maximum Gasteiger partial charge on any atom is 0.222 e. The summed E-state index contributed by atoms with van der Waals surface area (Å²) < 4.78 is 0. The Bertz CT molecular complexity index is 203. The fraction of sp³-hybridized carbons (Fsp3) is 0.909. The van der Waals surface area contributed by atoms with E-state index >= 15 is 0 Å². The highest BCUT2D eigenvalue weighted by atomic mass is 16.2. The highest BCUT2D eigenvalue weighted by molar-refractivity contribution is 5.76. The first kappa shape index (κ1) is 11.5. The largest absolute Gasteiger partial charge is 0.337 e. The van der Waals surface area contributed by atoms with Crippen molar-refractivity contribution < 1.29 is 4.79 Å². The lowest BCUT2D eigenvalue weighted by Crippen LogP contribution is -2.55. The van der Waals surface area contributed by atoms with Gasteiger partial charge in [-0.1, -0.05) is 6.92 Å². The van der Waals surface area contributed by atoms with Gasteiger partial charge < -0.3 is 4.90 Å². The van der Waals surface area contributed by atoms with Gasteiger partial charge in [-0.2, -0.15) is 0 Å². The lowest BCUT2D eigenvalue weighted by molar-refractivity contribution is -0.135. The van der Waals surface area contributed by atoms with Crippen molar-refractivity contribution in [2.24, 2.45) is 0 Å². The quantitative estimate of drug-likeness (QED) is 0.668. The standard InChI is InChI=1S/C11H22N2O/c1-5-11(14)13-7-6-12(9(2)3)8-10(13)4/h9-10H,5-8H2,1-4H3/t10-/m0/s1. The molecule has 0 bridgehead atoms. The van der Waals surface area contributed by atoms with Crippen LogP contribution in [0.5, 0.6) is 0 Å². The second kappa shape index (κ2) is 4.78. The van der Waals surface area contributed by atoms with Crippen molar-refractivity contribution in [3.63, 3.8) is 0 Å². The third-order valence-electron chi connectivity index (χ3n) is 3.01. The molecule has 1 saturated heterocycles. The molecule has 0 aromatic heterocycles. The second-order valence-electron chi connectivity index (χ2n) is 4.38. The van der Waals surface area contributed by atoms with Crippen molar-refractivity contribution in [2.45, 2.75) is 46.2 Å². The molecule has 3 nitrogen and oxygen atoms in total. The van der Waals surface area contributed by atoms with Crippen molar-refractivity contribution in [1.29, 1.82) is 0 Å². The van der Waals surface area contributed by atoms with Gasteiger partial charge in [-0.3, -0.25) is 9.69 Å².